The SMILES string of the molecule is C[C@H](NC(=O)Nc1cccc(F)c1)c1ccc(Cl)s1. The molecule has 1 atom stereocenters. The molecule has 0 radical (unpaired) electrons. The van der Waals surface area contributed by atoms with Crippen LogP contribution in [0, 0.1) is 5.82 Å². The molecular formula is C13H12ClFN2OS. The van der Waals surface area contributed by atoms with Gasteiger partial charge in [-0.3, -0.25) is 0 Å². The van der Waals surface area contributed by atoms with Gasteiger partial charge in [-0.25, -0.2) is 9.18 Å². The van der Waals surface area contributed by atoms with Crippen molar-refractivity contribution in [3.8, 4) is 0 Å². The van der Waals surface area contributed by atoms with Gasteiger partial charge >= 0.3 is 6.03 Å². The summed E-state index contributed by atoms with van der Waals surface area (Å²) in [6.45, 7) is 1.85. The van der Waals surface area contributed by atoms with Gasteiger partial charge in [-0.1, -0.05) is 17.7 Å². The molecule has 2 N–H and O–H groups in total. The zero-order chi connectivity index (χ0) is 13.8. The van der Waals surface area contributed by atoms with Gasteiger partial charge in [-0.2, -0.15) is 0 Å². The molecule has 0 unspecified atom stereocenters. The molecule has 0 aliphatic carbocycles. The van der Waals surface area contributed by atoms with E-state index in [1.165, 1.54) is 29.5 Å². The van der Waals surface area contributed by atoms with Gasteiger partial charge in [0.1, 0.15) is 5.82 Å². The van der Waals surface area contributed by atoms with Gasteiger partial charge in [-0.15, -0.1) is 11.3 Å². The quantitative estimate of drug-likeness (QED) is 0.865. The number of nitrogens with one attached hydrogen (secondary N) is 2. The van der Waals surface area contributed by atoms with Crippen LogP contribution in [0.3, 0.4) is 0 Å². The molecule has 19 heavy (non-hydrogen) atoms. The van der Waals surface area contributed by atoms with Crippen molar-refractivity contribution in [2.75, 3.05) is 5.32 Å². The number of halogens is 2. The molecule has 6 heteroatoms. The topological polar surface area (TPSA) is 41.1 Å². The maximum atomic E-state index is 13.0. The number of rotatable bonds is 3. The van der Waals surface area contributed by atoms with E-state index in [1.807, 2.05) is 13.0 Å². The average molecular weight is 299 g/mol. The Morgan fingerprint density at radius 2 is 2.16 bits per heavy atom. The van der Waals surface area contributed by atoms with Crippen LogP contribution < -0.4 is 10.6 Å². The van der Waals surface area contributed by atoms with Gasteiger partial charge in [0, 0.05) is 10.6 Å². The predicted molar refractivity (Wildman–Crippen MR) is 76.3 cm³/mol. The Bertz CT molecular complexity index is 588. The standard InChI is InChI=1S/C13H12ClFN2OS/c1-8(11-5-6-12(14)19-11)16-13(18)17-10-4-2-3-9(15)7-10/h2-8H,1H3,(H2,16,17,18)/t8-/m0/s1. The van der Waals surface area contributed by atoms with Crippen molar-refractivity contribution >= 4 is 34.7 Å². The molecule has 0 bridgehead atoms. The summed E-state index contributed by atoms with van der Waals surface area (Å²) in [4.78, 5) is 12.7. The number of amides is 2. The smallest absolute Gasteiger partial charge is 0.319 e. The first-order chi connectivity index (χ1) is 9.04. The third-order valence-electron chi connectivity index (χ3n) is 2.45. The second-order valence-electron chi connectivity index (χ2n) is 3.97. The van der Waals surface area contributed by atoms with E-state index in [-0.39, 0.29) is 12.1 Å². The molecule has 3 nitrogen and oxygen atoms in total. The van der Waals surface area contributed by atoms with Gasteiger partial charge < -0.3 is 10.6 Å². The maximum Gasteiger partial charge on any atom is 0.319 e. The zero-order valence-electron chi connectivity index (χ0n) is 10.1. The highest BCUT2D eigenvalue weighted by Gasteiger charge is 2.11. The number of carbonyl (C=O) groups is 1. The van der Waals surface area contributed by atoms with Crippen molar-refractivity contribution in [3.05, 3.63) is 51.4 Å². The van der Waals surface area contributed by atoms with Crippen LogP contribution in [0.15, 0.2) is 36.4 Å². The molecule has 2 amide bonds. The molecule has 0 saturated heterocycles. The van der Waals surface area contributed by atoms with Crippen molar-refractivity contribution in [2.45, 2.75) is 13.0 Å². The first-order valence-corrected chi connectivity index (χ1v) is 6.82. The fourth-order valence-electron chi connectivity index (χ4n) is 1.56. The number of thiophene rings is 1. The first-order valence-electron chi connectivity index (χ1n) is 5.63. The fourth-order valence-corrected chi connectivity index (χ4v) is 2.63. The van der Waals surface area contributed by atoms with Crippen LogP contribution >= 0.6 is 22.9 Å². The van der Waals surface area contributed by atoms with Gasteiger partial charge in [0.25, 0.3) is 0 Å². The van der Waals surface area contributed by atoms with Crippen LogP contribution in [0.4, 0.5) is 14.9 Å². The van der Waals surface area contributed by atoms with Crippen LogP contribution in [-0.4, -0.2) is 6.03 Å². The molecule has 0 fully saturated rings. The maximum absolute atomic E-state index is 13.0. The predicted octanol–water partition coefficient (Wildman–Crippen LogP) is 4.42. The molecule has 0 aliphatic heterocycles. The van der Waals surface area contributed by atoms with E-state index in [1.54, 1.807) is 12.1 Å². The van der Waals surface area contributed by atoms with E-state index in [9.17, 15) is 9.18 Å². The Hall–Kier alpha value is -1.59. The number of urea groups is 1. The summed E-state index contributed by atoms with van der Waals surface area (Å²) in [5.74, 6) is -0.393. The van der Waals surface area contributed by atoms with Crippen molar-refractivity contribution in [2.24, 2.45) is 0 Å². The van der Waals surface area contributed by atoms with Crippen LogP contribution in [0.25, 0.3) is 0 Å². The summed E-state index contributed by atoms with van der Waals surface area (Å²) in [6, 6.07) is 8.83. The lowest BCUT2D eigenvalue weighted by Crippen LogP contribution is -2.30. The van der Waals surface area contributed by atoms with Crippen LogP contribution in [0.5, 0.6) is 0 Å². The Kier molecular flexibility index (Phi) is 4.39. The first kappa shape index (κ1) is 13.8. The summed E-state index contributed by atoms with van der Waals surface area (Å²) in [6.07, 6.45) is 0. The van der Waals surface area contributed by atoms with Crippen molar-refractivity contribution in [3.63, 3.8) is 0 Å². The fraction of sp³-hybridized carbons (Fsp3) is 0.154. The molecular weight excluding hydrogens is 287 g/mol. The van der Waals surface area contributed by atoms with E-state index >= 15 is 0 Å². The molecule has 1 heterocycles. The Morgan fingerprint density at radius 1 is 1.37 bits per heavy atom. The second-order valence-corrected chi connectivity index (χ2v) is 5.72. The van der Waals surface area contributed by atoms with Gasteiger partial charge in [0.2, 0.25) is 0 Å². The minimum Gasteiger partial charge on any atom is -0.331 e. The molecule has 0 saturated carbocycles. The lowest BCUT2D eigenvalue weighted by molar-refractivity contribution is 0.249. The summed E-state index contributed by atoms with van der Waals surface area (Å²) < 4.78 is 13.6. The van der Waals surface area contributed by atoms with Crippen molar-refractivity contribution in [1.82, 2.24) is 5.32 Å². The van der Waals surface area contributed by atoms with Crippen LogP contribution in [0.1, 0.15) is 17.8 Å². The number of hydrogen-bond donors (Lipinski definition) is 2. The lowest BCUT2D eigenvalue weighted by atomic mass is 10.3. The molecule has 2 rings (SSSR count). The van der Waals surface area contributed by atoms with E-state index in [0.717, 1.165) is 4.88 Å². The molecule has 0 aliphatic rings. The Morgan fingerprint density at radius 3 is 2.79 bits per heavy atom. The molecule has 1 aromatic carbocycles. The Labute approximate surface area is 119 Å². The minimum absolute atomic E-state index is 0.161. The van der Waals surface area contributed by atoms with Gasteiger partial charge in [0.15, 0.2) is 0 Å². The van der Waals surface area contributed by atoms with E-state index in [0.29, 0.717) is 10.0 Å². The normalized spacial score (nSPS) is 11.9. The van der Waals surface area contributed by atoms with Crippen molar-refractivity contribution in [1.29, 1.82) is 0 Å². The third-order valence-corrected chi connectivity index (χ3v) is 3.86. The van der Waals surface area contributed by atoms with Gasteiger partial charge in [0.05, 0.1) is 10.4 Å². The summed E-state index contributed by atoms with van der Waals surface area (Å²) >= 11 is 7.25. The largest absolute Gasteiger partial charge is 0.331 e. The molecule has 2 aromatic rings. The average Bonchev–Trinajstić information content (AvgIpc) is 2.75. The number of carbonyl (C=O) groups excluding carboxylic acids is 1. The van der Waals surface area contributed by atoms with Crippen molar-refractivity contribution < 1.29 is 9.18 Å². The number of anilines is 1. The number of hydrogen-bond acceptors (Lipinski definition) is 2. The van der Waals surface area contributed by atoms with Crippen LogP contribution in [-0.2, 0) is 0 Å². The highest BCUT2D eigenvalue weighted by atomic mass is 35.5. The Balaban J connectivity index is 1.94. The lowest BCUT2D eigenvalue weighted by Gasteiger charge is -2.13. The van der Waals surface area contributed by atoms with Gasteiger partial charge in [-0.05, 0) is 37.3 Å². The monoisotopic (exact) mass is 298 g/mol. The molecule has 1 aromatic heterocycles. The summed E-state index contributed by atoms with van der Waals surface area (Å²) in [5.41, 5.74) is 0.411. The van der Waals surface area contributed by atoms with Crippen LogP contribution in [0.2, 0.25) is 4.34 Å². The molecule has 100 valence electrons. The van der Waals surface area contributed by atoms with E-state index in [4.69, 9.17) is 11.6 Å². The zero-order valence-corrected chi connectivity index (χ0v) is 11.7. The van der Waals surface area contributed by atoms with E-state index in [2.05, 4.69) is 10.6 Å². The highest BCUT2D eigenvalue weighted by molar-refractivity contribution is 7.16. The molecule has 0 spiro atoms. The number of benzene rings is 1. The summed E-state index contributed by atoms with van der Waals surface area (Å²) in [5, 5.41) is 5.33. The third kappa shape index (κ3) is 3.94. The minimum atomic E-state index is -0.393. The van der Waals surface area contributed by atoms with E-state index < -0.39 is 5.82 Å². The second kappa shape index (κ2) is 6.04. The highest BCUT2D eigenvalue weighted by Crippen LogP contribution is 2.26. The summed E-state index contributed by atoms with van der Waals surface area (Å²) in [7, 11) is 0.